The number of amides is 2. The van der Waals surface area contributed by atoms with E-state index in [2.05, 4.69) is 29.3 Å². The summed E-state index contributed by atoms with van der Waals surface area (Å²) in [4.78, 5) is 17.5. The fourth-order valence-electron chi connectivity index (χ4n) is 6.28. The molecule has 0 aromatic heterocycles. The first-order valence-corrected chi connectivity index (χ1v) is 14.3. The Bertz CT molecular complexity index is 1400. The van der Waals surface area contributed by atoms with Gasteiger partial charge in [-0.3, -0.25) is 9.80 Å². The molecule has 2 aliphatic heterocycles. The average molecular weight is 573 g/mol. The van der Waals surface area contributed by atoms with Gasteiger partial charge in [0.25, 0.3) is 0 Å². The number of halogens is 4. The van der Waals surface area contributed by atoms with Crippen molar-refractivity contribution in [2.24, 2.45) is 0 Å². The molecule has 0 radical (unpaired) electrons. The molecule has 2 fully saturated rings. The van der Waals surface area contributed by atoms with Gasteiger partial charge in [0.2, 0.25) is 0 Å². The normalized spacial score (nSPS) is 19.6. The lowest BCUT2D eigenvalue weighted by Crippen LogP contribution is -2.53. The van der Waals surface area contributed by atoms with E-state index in [1.807, 2.05) is 0 Å². The number of anilines is 2. The van der Waals surface area contributed by atoms with Gasteiger partial charge < -0.3 is 5.32 Å². The summed E-state index contributed by atoms with van der Waals surface area (Å²) >= 11 is 19.8. The molecule has 0 bridgehead atoms. The summed E-state index contributed by atoms with van der Waals surface area (Å²) in [6.45, 7) is 4.79. The Kier molecular flexibility index (Phi) is 6.84. The van der Waals surface area contributed by atoms with Gasteiger partial charge in [-0.05, 0) is 106 Å². The van der Waals surface area contributed by atoms with E-state index in [1.54, 1.807) is 29.2 Å². The zero-order valence-electron chi connectivity index (χ0n) is 21.2. The van der Waals surface area contributed by atoms with E-state index in [4.69, 9.17) is 34.8 Å². The standard InChI is InChI=1S/C30H29Cl3FN3O/c1-30(10-3-11-30)36-12-8-18(9-13-36)19-14-22(21-7-6-20(34)16-26(21)33)23-17-35-29(38)37(27(23)15-19)28-24(31)4-2-5-25(28)32/h2,4-7,14-16,18H,3,8-13,17H2,1H3,(H,35,38). The number of carbonyl (C=O) groups excluding carboxylic acids is 1. The highest BCUT2D eigenvalue weighted by Gasteiger charge is 2.40. The van der Waals surface area contributed by atoms with Crippen LogP contribution in [0.5, 0.6) is 0 Å². The third-order valence-corrected chi connectivity index (χ3v) is 9.57. The highest BCUT2D eigenvalue weighted by molar-refractivity contribution is 6.40. The number of likely N-dealkylation sites (tertiary alicyclic amines) is 1. The van der Waals surface area contributed by atoms with Crippen LogP contribution in [0.25, 0.3) is 11.1 Å². The molecule has 1 saturated heterocycles. The number of nitrogens with zero attached hydrogens (tertiary/aromatic N) is 2. The van der Waals surface area contributed by atoms with Gasteiger partial charge in [-0.15, -0.1) is 0 Å². The number of benzene rings is 3. The van der Waals surface area contributed by atoms with Gasteiger partial charge in [0.1, 0.15) is 5.82 Å². The maximum Gasteiger partial charge on any atom is 0.326 e. The molecule has 0 atom stereocenters. The van der Waals surface area contributed by atoms with E-state index in [0.29, 0.717) is 38.8 Å². The molecule has 3 aliphatic rings. The minimum atomic E-state index is -0.390. The molecule has 6 rings (SSSR count). The molecule has 198 valence electrons. The first kappa shape index (κ1) is 25.9. The van der Waals surface area contributed by atoms with Crippen molar-refractivity contribution in [3.63, 3.8) is 0 Å². The minimum absolute atomic E-state index is 0.298. The van der Waals surface area contributed by atoms with E-state index in [9.17, 15) is 9.18 Å². The number of urea groups is 1. The Morgan fingerprint density at radius 2 is 1.66 bits per heavy atom. The topological polar surface area (TPSA) is 35.6 Å². The predicted molar refractivity (Wildman–Crippen MR) is 153 cm³/mol. The zero-order chi connectivity index (χ0) is 26.6. The number of hydrogen-bond acceptors (Lipinski definition) is 2. The molecule has 4 nitrogen and oxygen atoms in total. The quantitative estimate of drug-likeness (QED) is 0.339. The number of piperidine rings is 1. The van der Waals surface area contributed by atoms with Gasteiger partial charge >= 0.3 is 6.03 Å². The Labute approximate surface area is 237 Å². The van der Waals surface area contributed by atoms with Gasteiger partial charge in [-0.2, -0.15) is 0 Å². The van der Waals surface area contributed by atoms with Gasteiger partial charge in [-0.1, -0.05) is 46.9 Å². The maximum atomic E-state index is 14.0. The number of carbonyl (C=O) groups is 1. The molecule has 3 aromatic carbocycles. The van der Waals surface area contributed by atoms with Crippen LogP contribution in [0.15, 0.2) is 48.5 Å². The van der Waals surface area contributed by atoms with Crippen molar-refractivity contribution in [3.8, 4) is 11.1 Å². The summed E-state index contributed by atoms with van der Waals surface area (Å²) in [5, 5.41) is 4.06. The van der Waals surface area contributed by atoms with Crippen LogP contribution in [-0.4, -0.2) is 29.6 Å². The van der Waals surface area contributed by atoms with Gasteiger partial charge in [0.15, 0.2) is 0 Å². The Morgan fingerprint density at radius 1 is 0.947 bits per heavy atom. The first-order chi connectivity index (χ1) is 18.2. The Hall–Kier alpha value is -2.31. The molecule has 1 N–H and O–H groups in total. The summed E-state index contributed by atoms with van der Waals surface area (Å²) in [5.41, 5.74) is 5.14. The molecule has 38 heavy (non-hydrogen) atoms. The molecule has 2 heterocycles. The van der Waals surface area contributed by atoms with Crippen molar-refractivity contribution in [1.82, 2.24) is 10.2 Å². The summed E-state index contributed by atoms with van der Waals surface area (Å²) in [7, 11) is 0. The number of hydrogen-bond donors (Lipinski definition) is 1. The lowest BCUT2D eigenvalue weighted by atomic mass is 9.75. The molecular formula is C30H29Cl3FN3O. The highest BCUT2D eigenvalue weighted by Crippen LogP contribution is 2.47. The second kappa shape index (κ2) is 10.0. The van der Waals surface area contributed by atoms with E-state index in [0.717, 1.165) is 53.9 Å². The first-order valence-electron chi connectivity index (χ1n) is 13.1. The fraction of sp³-hybridized carbons (Fsp3) is 0.367. The second-order valence-electron chi connectivity index (χ2n) is 10.9. The molecule has 2 amide bonds. The van der Waals surface area contributed by atoms with Crippen LogP contribution < -0.4 is 10.2 Å². The molecule has 3 aromatic rings. The van der Waals surface area contributed by atoms with E-state index in [-0.39, 0.29) is 6.03 Å². The van der Waals surface area contributed by atoms with E-state index >= 15 is 0 Å². The number of para-hydroxylation sites is 1. The summed E-state index contributed by atoms with van der Waals surface area (Å²) in [6.07, 6.45) is 5.92. The van der Waals surface area contributed by atoms with Crippen molar-refractivity contribution in [1.29, 1.82) is 0 Å². The monoisotopic (exact) mass is 571 g/mol. The third kappa shape index (κ3) is 4.48. The molecule has 1 saturated carbocycles. The van der Waals surface area contributed by atoms with Gasteiger partial charge in [0, 0.05) is 23.2 Å². The van der Waals surface area contributed by atoms with Crippen molar-refractivity contribution < 1.29 is 9.18 Å². The van der Waals surface area contributed by atoms with Gasteiger partial charge in [-0.25, -0.2) is 9.18 Å². The minimum Gasteiger partial charge on any atom is -0.333 e. The largest absolute Gasteiger partial charge is 0.333 e. The summed E-state index contributed by atoms with van der Waals surface area (Å²) in [6, 6.07) is 13.7. The van der Waals surface area contributed by atoms with Crippen LogP contribution in [0.3, 0.4) is 0 Å². The second-order valence-corrected chi connectivity index (χ2v) is 12.1. The van der Waals surface area contributed by atoms with Gasteiger partial charge in [0.05, 0.1) is 26.4 Å². The van der Waals surface area contributed by atoms with Crippen LogP contribution in [0.2, 0.25) is 15.1 Å². The number of nitrogens with one attached hydrogen (secondary N) is 1. The van der Waals surface area contributed by atoms with Crippen LogP contribution in [-0.2, 0) is 6.54 Å². The van der Waals surface area contributed by atoms with Crippen molar-refractivity contribution in [2.75, 3.05) is 18.0 Å². The van der Waals surface area contributed by atoms with Crippen LogP contribution in [0.1, 0.15) is 56.1 Å². The van der Waals surface area contributed by atoms with Crippen molar-refractivity contribution in [2.45, 2.75) is 57.0 Å². The highest BCUT2D eigenvalue weighted by atomic mass is 35.5. The van der Waals surface area contributed by atoms with E-state index < -0.39 is 5.82 Å². The summed E-state index contributed by atoms with van der Waals surface area (Å²) in [5.74, 6) is -0.0647. The third-order valence-electron chi connectivity index (χ3n) is 8.65. The zero-order valence-corrected chi connectivity index (χ0v) is 23.4. The molecule has 1 aliphatic carbocycles. The average Bonchev–Trinajstić information content (AvgIpc) is 2.88. The number of fused-ring (bicyclic) bond motifs is 1. The maximum absolute atomic E-state index is 14.0. The van der Waals surface area contributed by atoms with Crippen molar-refractivity contribution >= 4 is 52.2 Å². The summed E-state index contributed by atoms with van der Waals surface area (Å²) < 4.78 is 14.0. The molecular weight excluding hydrogens is 544 g/mol. The lowest BCUT2D eigenvalue weighted by Gasteiger charge is -2.50. The Balaban J connectivity index is 1.48. The fourth-order valence-corrected chi connectivity index (χ4v) is 7.12. The molecule has 0 unspecified atom stereocenters. The molecule has 0 spiro atoms. The lowest BCUT2D eigenvalue weighted by molar-refractivity contribution is 0.0132. The van der Waals surface area contributed by atoms with E-state index in [1.165, 1.54) is 31.4 Å². The van der Waals surface area contributed by atoms with Crippen LogP contribution >= 0.6 is 34.8 Å². The SMILES string of the molecule is CC1(N2CCC(c3cc(-c4ccc(F)cc4Cl)c4c(c3)N(c3c(Cl)cccc3Cl)C(=O)NC4)CC2)CCC1. The van der Waals surface area contributed by atoms with Crippen LogP contribution in [0.4, 0.5) is 20.6 Å². The smallest absolute Gasteiger partial charge is 0.326 e. The van der Waals surface area contributed by atoms with Crippen LogP contribution in [0, 0.1) is 5.82 Å². The van der Waals surface area contributed by atoms with Crippen molar-refractivity contribution in [3.05, 3.63) is 80.5 Å². The predicted octanol–water partition coefficient (Wildman–Crippen LogP) is 8.94. The molecule has 8 heteroatoms. The Morgan fingerprint density at radius 3 is 2.29 bits per heavy atom. The number of rotatable bonds is 4.